The summed E-state index contributed by atoms with van der Waals surface area (Å²) >= 11 is 2.86. The van der Waals surface area contributed by atoms with Gasteiger partial charge in [0, 0.05) is 24.1 Å². The van der Waals surface area contributed by atoms with Crippen molar-refractivity contribution in [1.82, 2.24) is 25.1 Å². The molecule has 0 saturated heterocycles. The van der Waals surface area contributed by atoms with Crippen LogP contribution in [0.1, 0.15) is 55.8 Å². The van der Waals surface area contributed by atoms with E-state index in [1.807, 2.05) is 73.2 Å². The van der Waals surface area contributed by atoms with E-state index in [4.69, 9.17) is 5.10 Å². The Labute approximate surface area is 279 Å². The molecule has 2 aromatic heterocycles. The Morgan fingerprint density at radius 1 is 1.00 bits per heavy atom. The summed E-state index contributed by atoms with van der Waals surface area (Å²) in [5.41, 5.74) is 6.14. The first-order valence-corrected chi connectivity index (χ1v) is 16.7. The number of non-ortho nitro benzene ring substituents is 1. The number of nitro benzene ring substituents is 1. The Bertz CT molecular complexity index is 1970. The Morgan fingerprint density at radius 3 is 2.47 bits per heavy atom. The van der Waals surface area contributed by atoms with Gasteiger partial charge in [-0.05, 0) is 67.1 Å². The van der Waals surface area contributed by atoms with Gasteiger partial charge in [0.2, 0.25) is 0 Å². The molecule has 11 nitrogen and oxygen atoms in total. The molecule has 0 fully saturated rings. The lowest BCUT2D eigenvalue weighted by Crippen LogP contribution is -2.28. The van der Waals surface area contributed by atoms with Crippen molar-refractivity contribution in [2.75, 3.05) is 5.75 Å². The van der Waals surface area contributed by atoms with Crippen molar-refractivity contribution in [3.8, 4) is 5.69 Å². The molecule has 0 radical (unpaired) electrons. The normalized spacial score (nSPS) is 14.2. The summed E-state index contributed by atoms with van der Waals surface area (Å²) in [6.45, 7) is 6.09. The number of hydrazone groups is 1. The monoisotopic (exact) mass is 665 g/mol. The molecule has 47 heavy (non-hydrogen) atoms. The zero-order chi connectivity index (χ0) is 33.1. The number of thiophene rings is 1. The van der Waals surface area contributed by atoms with Gasteiger partial charge in [-0.3, -0.25) is 24.3 Å². The predicted octanol–water partition coefficient (Wildman–Crippen LogP) is 6.56. The molecule has 1 atom stereocenters. The van der Waals surface area contributed by atoms with Crippen molar-refractivity contribution in [3.63, 3.8) is 0 Å². The van der Waals surface area contributed by atoms with Crippen LogP contribution in [-0.2, 0) is 11.3 Å². The Balaban J connectivity index is 1.24. The molecule has 1 aliphatic rings. The largest absolute Gasteiger partial charge is 0.345 e. The molecule has 2 amide bonds. The van der Waals surface area contributed by atoms with E-state index in [1.165, 1.54) is 36.0 Å². The van der Waals surface area contributed by atoms with Crippen molar-refractivity contribution in [2.45, 2.75) is 44.9 Å². The average Bonchev–Trinajstić information content (AvgIpc) is 3.85. The number of benzene rings is 3. The number of thioether (sulfide) groups is 1. The minimum Gasteiger partial charge on any atom is -0.345 e. The fourth-order valence-electron chi connectivity index (χ4n) is 5.30. The number of aromatic nitrogens is 3. The summed E-state index contributed by atoms with van der Waals surface area (Å²) in [5.74, 6) is -0.0199. The number of hydrogen-bond donors (Lipinski definition) is 1. The van der Waals surface area contributed by atoms with Gasteiger partial charge in [0.1, 0.15) is 0 Å². The van der Waals surface area contributed by atoms with Crippen LogP contribution in [0, 0.1) is 30.9 Å². The van der Waals surface area contributed by atoms with Gasteiger partial charge >= 0.3 is 0 Å². The highest BCUT2D eigenvalue weighted by molar-refractivity contribution is 7.99. The van der Waals surface area contributed by atoms with Gasteiger partial charge in [-0.15, -0.1) is 21.5 Å². The summed E-state index contributed by atoms with van der Waals surface area (Å²) in [6, 6.07) is 23.3. The van der Waals surface area contributed by atoms with Crippen LogP contribution < -0.4 is 5.32 Å². The second-order valence-electron chi connectivity index (χ2n) is 11.1. The second kappa shape index (κ2) is 13.7. The highest BCUT2D eigenvalue weighted by Gasteiger charge is 2.33. The van der Waals surface area contributed by atoms with Crippen LogP contribution in [0.25, 0.3) is 5.69 Å². The topological polar surface area (TPSA) is 136 Å². The molecule has 13 heteroatoms. The maximum absolute atomic E-state index is 13.8. The highest BCUT2D eigenvalue weighted by atomic mass is 32.2. The van der Waals surface area contributed by atoms with Gasteiger partial charge < -0.3 is 5.32 Å². The van der Waals surface area contributed by atoms with Crippen molar-refractivity contribution in [3.05, 3.63) is 133 Å². The SMILES string of the molecule is Cc1ccc([C@@H]2CC(c3cccs3)=NN2C(=O)CSc2nnc(CNC(=O)c3ccc([N+](=O)[O-])cc3)n2-c2cccc(C)c2C)cc1. The molecule has 238 valence electrons. The summed E-state index contributed by atoms with van der Waals surface area (Å²) in [5, 5.41) is 31.6. The number of nitrogens with one attached hydrogen (secondary N) is 1. The van der Waals surface area contributed by atoms with Crippen LogP contribution in [0.4, 0.5) is 5.69 Å². The molecular formula is C34H31N7O4S2. The van der Waals surface area contributed by atoms with Crippen LogP contribution in [0.15, 0.2) is 94.5 Å². The number of amides is 2. The second-order valence-corrected chi connectivity index (χ2v) is 13.0. The number of nitrogens with zero attached hydrogens (tertiary/aromatic N) is 6. The fraction of sp³-hybridized carbons (Fsp3) is 0.206. The fourth-order valence-corrected chi connectivity index (χ4v) is 6.83. The Kier molecular flexibility index (Phi) is 9.27. The quantitative estimate of drug-likeness (QED) is 0.101. The molecular weight excluding hydrogens is 635 g/mol. The van der Waals surface area contributed by atoms with Crippen LogP contribution in [-0.4, -0.2) is 48.0 Å². The van der Waals surface area contributed by atoms with E-state index in [-0.39, 0.29) is 35.5 Å². The molecule has 3 heterocycles. The Morgan fingerprint density at radius 2 is 1.77 bits per heavy atom. The van der Waals surface area contributed by atoms with Gasteiger partial charge in [-0.2, -0.15) is 5.10 Å². The van der Waals surface area contributed by atoms with Gasteiger partial charge in [0.05, 0.1) is 39.5 Å². The number of carbonyl (C=O) groups excluding carboxylic acids is 2. The average molecular weight is 666 g/mol. The molecule has 0 aliphatic carbocycles. The molecule has 0 saturated carbocycles. The van der Waals surface area contributed by atoms with Crippen molar-refractivity contribution in [1.29, 1.82) is 0 Å². The summed E-state index contributed by atoms with van der Waals surface area (Å²) in [4.78, 5) is 38.3. The van der Waals surface area contributed by atoms with E-state index in [0.29, 0.717) is 17.4 Å². The molecule has 5 aromatic rings. The molecule has 0 unspecified atom stereocenters. The lowest BCUT2D eigenvalue weighted by molar-refractivity contribution is -0.384. The smallest absolute Gasteiger partial charge is 0.269 e. The van der Waals surface area contributed by atoms with Gasteiger partial charge in [-0.1, -0.05) is 59.8 Å². The Hall–Kier alpha value is -5.14. The maximum Gasteiger partial charge on any atom is 0.269 e. The van der Waals surface area contributed by atoms with E-state index in [9.17, 15) is 19.7 Å². The van der Waals surface area contributed by atoms with Gasteiger partial charge in [-0.25, -0.2) is 5.01 Å². The van der Waals surface area contributed by atoms with Crippen molar-refractivity contribution < 1.29 is 14.5 Å². The van der Waals surface area contributed by atoms with E-state index in [2.05, 4.69) is 27.6 Å². The highest BCUT2D eigenvalue weighted by Crippen LogP contribution is 2.35. The lowest BCUT2D eigenvalue weighted by Gasteiger charge is -2.22. The van der Waals surface area contributed by atoms with E-state index in [0.717, 1.165) is 38.5 Å². The zero-order valence-corrected chi connectivity index (χ0v) is 27.5. The third kappa shape index (κ3) is 6.86. The summed E-state index contributed by atoms with van der Waals surface area (Å²) in [7, 11) is 0. The number of carbonyl (C=O) groups is 2. The van der Waals surface area contributed by atoms with Crippen molar-refractivity contribution in [2.24, 2.45) is 5.10 Å². The first-order chi connectivity index (χ1) is 22.7. The van der Waals surface area contributed by atoms with Crippen LogP contribution in [0.5, 0.6) is 0 Å². The molecule has 0 spiro atoms. The number of aryl methyl sites for hydroxylation is 2. The minimum atomic E-state index is -0.514. The molecule has 3 aromatic carbocycles. The molecule has 0 bridgehead atoms. The number of nitro groups is 1. The van der Waals surface area contributed by atoms with Gasteiger partial charge in [0.25, 0.3) is 17.5 Å². The van der Waals surface area contributed by atoms with Crippen LogP contribution in [0.3, 0.4) is 0 Å². The predicted molar refractivity (Wildman–Crippen MR) is 182 cm³/mol. The molecule has 1 N–H and O–H groups in total. The molecule has 1 aliphatic heterocycles. The summed E-state index contributed by atoms with van der Waals surface area (Å²) < 4.78 is 1.86. The minimum absolute atomic E-state index is 0.0425. The van der Waals surface area contributed by atoms with E-state index >= 15 is 0 Å². The first-order valence-electron chi connectivity index (χ1n) is 14.9. The van der Waals surface area contributed by atoms with E-state index < -0.39 is 10.8 Å². The molecule has 6 rings (SSSR count). The third-order valence-electron chi connectivity index (χ3n) is 8.02. The van der Waals surface area contributed by atoms with Crippen LogP contribution in [0.2, 0.25) is 0 Å². The summed E-state index contributed by atoms with van der Waals surface area (Å²) in [6.07, 6.45) is 0.622. The number of hydrogen-bond acceptors (Lipinski definition) is 9. The van der Waals surface area contributed by atoms with Gasteiger partial charge in [0.15, 0.2) is 11.0 Å². The standard InChI is InChI=1S/C34H31N7O4S2/c1-21-9-11-24(12-10-21)29-18-27(30-8-5-17-46-30)38-40(29)32(42)20-47-34-37-36-31(39(34)28-7-4-6-22(2)23(28)3)19-35-33(43)25-13-15-26(16-14-25)41(44)45/h4-17,29H,18-20H2,1-3H3,(H,35,43)/t29-/m0/s1. The zero-order valence-electron chi connectivity index (χ0n) is 25.9. The van der Waals surface area contributed by atoms with Crippen molar-refractivity contribution >= 4 is 46.3 Å². The third-order valence-corrected chi connectivity index (χ3v) is 9.86. The maximum atomic E-state index is 13.8. The lowest BCUT2D eigenvalue weighted by atomic mass is 10.00. The number of rotatable bonds is 10. The first kappa shape index (κ1) is 31.8. The van der Waals surface area contributed by atoms with E-state index in [1.54, 1.807) is 16.3 Å². The van der Waals surface area contributed by atoms with Crippen LogP contribution >= 0.6 is 23.1 Å².